The van der Waals surface area contributed by atoms with Gasteiger partial charge in [0.2, 0.25) is 15.9 Å². The SMILES string of the molecule is N#Cc1ccc(CSCC(=O)N2CCN(S(=O)(=O)c3ccc(F)c(F)c3)CC2)cc1. The molecule has 0 spiro atoms. The summed E-state index contributed by atoms with van der Waals surface area (Å²) in [5.41, 5.74) is 1.59. The van der Waals surface area contributed by atoms with Gasteiger partial charge in [-0.3, -0.25) is 4.79 Å². The van der Waals surface area contributed by atoms with Crippen LogP contribution in [-0.2, 0) is 20.6 Å². The van der Waals surface area contributed by atoms with Crippen LogP contribution in [0.1, 0.15) is 11.1 Å². The fourth-order valence-electron chi connectivity index (χ4n) is 2.99. The smallest absolute Gasteiger partial charge is 0.243 e. The third-order valence-electron chi connectivity index (χ3n) is 4.70. The number of sulfonamides is 1. The van der Waals surface area contributed by atoms with Crippen molar-refractivity contribution in [3.05, 3.63) is 65.2 Å². The number of benzene rings is 2. The first-order chi connectivity index (χ1) is 14.3. The number of nitrogens with zero attached hydrogens (tertiary/aromatic N) is 3. The van der Waals surface area contributed by atoms with Crippen molar-refractivity contribution in [3.8, 4) is 6.07 Å². The van der Waals surface area contributed by atoms with E-state index in [9.17, 15) is 22.0 Å². The molecule has 0 saturated carbocycles. The quantitative estimate of drug-likeness (QED) is 0.674. The van der Waals surface area contributed by atoms with Gasteiger partial charge in [-0.2, -0.15) is 9.57 Å². The number of amides is 1. The van der Waals surface area contributed by atoms with E-state index in [-0.39, 0.29) is 42.7 Å². The monoisotopic (exact) mass is 451 g/mol. The van der Waals surface area contributed by atoms with E-state index in [0.29, 0.717) is 17.4 Å². The largest absolute Gasteiger partial charge is 0.339 e. The molecule has 0 aliphatic carbocycles. The van der Waals surface area contributed by atoms with Crippen molar-refractivity contribution in [2.75, 3.05) is 31.9 Å². The van der Waals surface area contributed by atoms with Gasteiger partial charge in [0.05, 0.1) is 22.3 Å². The Morgan fingerprint density at radius 2 is 1.70 bits per heavy atom. The van der Waals surface area contributed by atoms with Crippen LogP contribution in [0, 0.1) is 23.0 Å². The first-order valence-electron chi connectivity index (χ1n) is 9.11. The molecule has 0 aromatic heterocycles. The minimum absolute atomic E-state index is 0.0847. The lowest BCUT2D eigenvalue weighted by molar-refractivity contribution is -0.129. The zero-order chi connectivity index (χ0) is 21.7. The topological polar surface area (TPSA) is 81.5 Å². The Balaban J connectivity index is 1.50. The van der Waals surface area contributed by atoms with Gasteiger partial charge in [0.25, 0.3) is 0 Å². The molecule has 2 aromatic carbocycles. The van der Waals surface area contributed by atoms with Crippen LogP contribution >= 0.6 is 11.8 Å². The van der Waals surface area contributed by atoms with E-state index in [1.54, 1.807) is 17.0 Å². The average molecular weight is 452 g/mol. The van der Waals surface area contributed by atoms with Crippen LogP contribution in [0.25, 0.3) is 0 Å². The molecule has 1 fully saturated rings. The summed E-state index contributed by atoms with van der Waals surface area (Å²) in [5, 5.41) is 8.80. The molecule has 0 unspecified atom stereocenters. The Labute approximate surface area is 178 Å². The second-order valence-corrected chi connectivity index (χ2v) is 9.59. The Morgan fingerprint density at radius 1 is 1.03 bits per heavy atom. The third-order valence-corrected chi connectivity index (χ3v) is 7.58. The van der Waals surface area contributed by atoms with Gasteiger partial charge in [-0.25, -0.2) is 17.2 Å². The summed E-state index contributed by atoms with van der Waals surface area (Å²) in [5.74, 6) is -1.52. The Kier molecular flexibility index (Phi) is 7.07. The molecule has 1 saturated heterocycles. The third kappa shape index (κ3) is 5.16. The number of halogens is 2. The number of rotatable bonds is 6. The van der Waals surface area contributed by atoms with Gasteiger partial charge >= 0.3 is 0 Å². The predicted molar refractivity (Wildman–Crippen MR) is 109 cm³/mol. The van der Waals surface area contributed by atoms with Crippen molar-refractivity contribution in [1.82, 2.24) is 9.21 Å². The number of hydrogen-bond acceptors (Lipinski definition) is 5. The highest BCUT2D eigenvalue weighted by molar-refractivity contribution is 7.99. The molecular formula is C20H19F2N3O3S2. The number of nitriles is 1. The molecule has 0 atom stereocenters. The van der Waals surface area contributed by atoms with E-state index in [1.165, 1.54) is 16.1 Å². The van der Waals surface area contributed by atoms with Gasteiger partial charge in [-0.05, 0) is 35.9 Å². The van der Waals surface area contributed by atoms with E-state index in [0.717, 1.165) is 17.7 Å². The van der Waals surface area contributed by atoms with E-state index >= 15 is 0 Å². The maximum atomic E-state index is 13.4. The summed E-state index contributed by atoms with van der Waals surface area (Å²) in [7, 11) is -3.95. The highest BCUT2D eigenvalue weighted by atomic mass is 32.2. The zero-order valence-electron chi connectivity index (χ0n) is 15.9. The molecule has 30 heavy (non-hydrogen) atoms. The van der Waals surface area contributed by atoms with Crippen molar-refractivity contribution in [2.45, 2.75) is 10.6 Å². The van der Waals surface area contributed by atoms with Crippen LogP contribution in [0.2, 0.25) is 0 Å². The van der Waals surface area contributed by atoms with Crippen molar-refractivity contribution in [2.24, 2.45) is 0 Å². The Bertz CT molecular complexity index is 1060. The predicted octanol–water partition coefficient (Wildman–Crippen LogP) is 2.60. The molecule has 1 aliphatic rings. The summed E-state index contributed by atoms with van der Waals surface area (Å²) in [6.07, 6.45) is 0. The number of piperazine rings is 1. The van der Waals surface area contributed by atoms with Gasteiger partial charge < -0.3 is 4.90 Å². The molecule has 3 rings (SSSR count). The van der Waals surface area contributed by atoms with Gasteiger partial charge in [0.15, 0.2) is 11.6 Å². The maximum Gasteiger partial charge on any atom is 0.243 e. The van der Waals surface area contributed by atoms with Gasteiger partial charge in [-0.15, -0.1) is 11.8 Å². The molecule has 158 valence electrons. The number of carbonyl (C=O) groups excluding carboxylic acids is 1. The highest BCUT2D eigenvalue weighted by Gasteiger charge is 2.30. The van der Waals surface area contributed by atoms with Crippen LogP contribution in [-0.4, -0.2) is 55.5 Å². The fraction of sp³-hybridized carbons (Fsp3) is 0.300. The summed E-state index contributed by atoms with van der Waals surface area (Å²) < 4.78 is 52.9. The molecule has 0 radical (unpaired) electrons. The van der Waals surface area contributed by atoms with E-state index in [4.69, 9.17) is 5.26 Å². The van der Waals surface area contributed by atoms with Gasteiger partial charge in [-0.1, -0.05) is 12.1 Å². The second-order valence-electron chi connectivity index (χ2n) is 6.66. The summed E-state index contributed by atoms with van der Waals surface area (Å²) >= 11 is 1.44. The number of thioether (sulfide) groups is 1. The molecule has 0 bridgehead atoms. The molecule has 1 amide bonds. The van der Waals surface area contributed by atoms with Crippen molar-refractivity contribution in [3.63, 3.8) is 0 Å². The van der Waals surface area contributed by atoms with Crippen molar-refractivity contribution >= 4 is 27.7 Å². The number of carbonyl (C=O) groups is 1. The van der Waals surface area contributed by atoms with E-state index < -0.39 is 21.7 Å². The molecule has 1 heterocycles. The van der Waals surface area contributed by atoms with Gasteiger partial charge in [0, 0.05) is 31.9 Å². The van der Waals surface area contributed by atoms with Crippen LogP contribution < -0.4 is 0 Å². The lowest BCUT2D eigenvalue weighted by Gasteiger charge is -2.34. The first kappa shape index (κ1) is 22.2. The minimum atomic E-state index is -3.95. The normalized spacial score (nSPS) is 15.0. The lowest BCUT2D eigenvalue weighted by atomic mass is 10.2. The van der Waals surface area contributed by atoms with E-state index in [2.05, 4.69) is 6.07 Å². The summed E-state index contributed by atoms with van der Waals surface area (Å²) in [6.45, 7) is 0.652. The van der Waals surface area contributed by atoms with Gasteiger partial charge in [0.1, 0.15) is 0 Å². The van der Waals surface area contributed by atoms with Crippen LogP contribution in [0.3, 0.4) is 0 Å². The fourth-order valence-corrected chi connectivity index (χ4v) is 5.31. The van der Waals surface area contributed by atoms with Crippen LogP contribution in [0.15, 0.2) is 47.4 Å². The summed E-state index contributed by atoms with van der Waals surface area (Å²) in [6, 6.07) is 11.7. The number of hydrogen-bond donors (Lipinski definition) is 0. The molecule has 10 heteroatoms. The van der Waals surface area contributed by atoms with Crippen LogP contribution in [0.4, 0.5) is 8.78 Å². The molecule has 6 nitrogen and oxygen atoms in total. The van der Waals surface area contributed by atoms with Crippen molar-refractivity contribution < 1.29 is 22.0 Å². The minimum Gasteiger partial charge on any atom is -0.339 e. The maximum absolute atomic E-state index is 13.4. The van der Waals surface area contributed by atoms with Crippen LogP contribution in [0.5, 0.6) is 0 Å². The molecule has 2 aromatic rings. The van der Waals surface area contributed by atoms with Crippen molar-refractivity contribution in [1.29, 1.82) is 5.26 Å². The standard InChI is InChI=1S/C20H19F2N3O3S2/c21-18-6-5-17(11-19(18)22)30(27,28)25-9-7-24(8-10-25)20(26)14-29-13-16-3-1-15(12-23)2-4-16/h1-6,11H,7-10,13-14H2. The highest BCUT2D eigenvalue weighted by Crippen LogP contribution is 2.20. The summed E-state index contributed by atoms with van der Waals surface area (Å²) in [4.78, 5) is 13.7. The first-order valence-corrected chi connectivity index (χ1v) is 11.7. The molecule has 1 aliphatic heterocycles. The lowest BCUT2D eigenvalue weighted by Crippen LogP contribution is -2.51. The Morgan fingerprint density at radius 3 is 2.30 bits per heavy atom. The zero-order valence-corrected chi connectivity index (χ0v) is 17.6. The van der Waals surface area contributed by atoms with E-state index in [1.807, 2.05) is 12.1 Å². The Hall–Kier alpha value is -2.48. The average Bonchev–Trinajstić information content (AvgIpc) is 2.76. The second kappa shape index (κ2) is 9.55. The molecule has 0 N–H and O–H groups in total. The molecular weight excluding hydrogens is 432 g/mol.